The zero-order chi connectivity index (χ0) is 26.6. The Morgan fingerprint density at radius 3 is 2.38 bits per heavy atom. The van der Waals surface area contributed by atoms with E-state index in [1.54, 1.807) is 18.2 Å². The fourth-order valence-corrected chi connectivity index (χ4v) is 5.31. The number of nitrogens with zero attached hydrogens (tertiary/aromatic N) is 1. The molecule has 0 unspecified atom stereocenters. The van der Waals surface area contributed by atoms with Crippen molar-refractivity contribution in [3.63, 3.8) is 0 Å². The second kappa shape index (κ2) is 8.77. The third kappa shape index (κ3) is 4.53. The molecule has 0 bridgehead atoms. The van der Waals surface area contributed by atoms with Crippen molar-refractivity contribution in [3.8, 4) is 22.6 Å². The summed E-state index contributed by atoms with van der Waals surface area (Å²) in [4.78, 5) is 13.1. The molecule has 0 aromatic heterocycles. The van der Waals surface area contributed by atoms with Gasteiger partial charge in [0.15, 0.2) is 11.5 Å². The van der Waals surface area contributed by atoms with Gasteiger partial charge in [-0.3, -0.25) is 4.79 Å². The van der Waals surface area contributed by atoms with E-state index in [0.717, 1.165) is 10.4 Å². The fourth-order valence-electron chi connectivity index (χ4n) is 4.36. The number of amides is 1. The second-order valence-corrected chi connectivity index (χ2v) is 11.3. The Morgan fingerprint density at radius 1 is 0.973 bits per heavy atom. The van der Waals surface area contributed by atoms with Gasteiger partial charge in [-0.15, -0.1) is 0 Å². The largest absolute Gasteiger partial charge is 0.454 e. The van der Waals surface area contributed by atoms with Gasteiger partial charge in [0.25, 0.3) is 0 Å². The number of hydrogen-bond donors (Lipinski definition) is 1. The molecular formula is C26H23F3N2O5S. The van der Waals surface area contributed by atoms with E-state index >= 15 is 0 Å². The zero-order valence-electron chi connectivity index (χ0n) is 19.9. The van der Waals surface area contributed by atoms with Crippen molar-refractivity contribution >= 4 is 21.6 Å². The quantitative estimate of drug-likeness (QED) is 0.482. The molecule has 0 radical (unpaired) electrons. The molecule has 1 amide bonds. The topological polar surface area (TPSA) is 84.9 Å². The molecule has 2 aliphatic rings. The van der Waals surface area contributed by atoms with Crippen LogP contribution in [0.25, 0.3) is 11.1 Å². The lowest BCUT2D eigenvalue weighted by Gasteiger charge is -2.19. The Labute approximate surface area is 211 Å². The maximum absolute atomic E-state index is 14.1. The Morgan fingerprint density at radius 2 is 1.70 bits per heavy atom. The Hall–Kier alpha value is -3.57. The van der Waals surface area contributed by atoms with Crippen LogP contribution in [0.1, 0.15) is 24.0 Å². The van der Waals surface area contributed by atoms with Crippen LogP contribution in [0.2, 0.25) is 0 Å². The highest BCUT2D eigenvalue weighted by Gasteiger charge is 2.51. The van der Waals surface area contributed by atoms with Gasteiger partial charge in [-0.2, -0.15) is 13.2 Å². The number of rotatable bonds is 6. The molecule has 0 atom stereocenters. The number of carbonyl (C=O) groups is 1. The molecule has 1 aliphatic carbocycles. The highest BCUT2D eigenvalue weighted by atomic mass is 32.2. The van der Waals surface area contributed by atoms with Crippen LogP contribution in [0.5, 0.6) is 11.5 Å². The summed E-state index contributed by atoms with van der Waals surface area (Å²) in [6.07, 6.45) is -3.65. The van der Waals surface area contributed by atoms with Crippen molar-refractivity contribution in [2.45, 2.75) is 29.3 Å². The van der Waals surface area contributed by atoms with Crippen LogP contribution in [0.3, 0.4) is 0 Å². The Balaban J connectivity index is 1.46. The minimum Gasteiger partial charge on any atom is -0.454 e. The van der Waals surface area contributed by atoms with E-state index in [4.69, 9.17) is 9.47 Å². The molecule has 1 fully saturated rings. The fraction of sp³-hybridized carbons (Fsp3) is 0.269. The van der Waals surface area contributed by atoms with Crippen LogP contribution in [-0.4, -0.2) is 39.5 Å². The molecule has 7 nitrogen and oxygen atoms in total. The average molecular weight is 533 g/mol. The van der Waals surface area contributed by atoms with E-state index in [-0.39, 0.29) is 28.5 Å². The van der Waals surface area contributed by atoms with E-state index in [9.17, 15) is 26.4 Å². The van der Waals surface area contributed by atoms with Crippen LogP contribution in [0, 0.1) is 0 Å². The molecule has 194 valence electrons. The third-order valence-corrected chi connectivity index (χ3v) is 8.43. The second-order valence-electron chi connectivity index (χ2n) is 9.18. The number of anilines is 1. The SMILES string of the molecule is CN(C)S(=O)(=O)c1cccc(-c2ccc(NC(=O)C3(c4ccc5c(c4)OCO5)CC3)cc2C(F)(F)F)c1. The summed E-state index contributed by atoms with van der Waals surface area (Å²) in [6.45, 7) is 0.0918. The third-order valence-electron chi connectivity index (χ3n) is 6.62. The van der Waals surface area contributed by atoms with Crippen molar-refractivity contribution in [1.82, 2.24) is 4.31 Å². The summed E-state index contributed by atoms with van der Waals surface area (Å²) in [5, 5.41) is 2.64. The minimum atomic E-state index is -4.75. The molecular weight excluding hydrogens is 509 g/mol. The first-order valence-electron chi connectivity index (χ1n) is 11.4. The standard InChI is InChI=1S/C26H23F3N2O5S/c1-31(2)37(33,34)19-5-3-4-16(12-19)20-8-7-18(14-21(20)26(27,28)29)30-24(32)25(10-11-25)17-6-9-22-23(13-17)36-15-35-22/h3-9,12-14H,10-11,15H2,1-2H3,(H,30,32). The maximum Gasteiger partial charge on any atom is 0.417 e. The maximum atomic E-state index is 14.1. The molecule has 3 aromatic rings. The number of fused-ring (bicyclic) bond motifs is 1. The molecule has 5 rings (SSSR count). The normalized spacial score (nSPS) is 16.1. The summed E-state index contributed by atoms with van der Waals surface area (Å²) < 4.78 is 78.9. The molecule has 0 saturated heterocycles. The van der Waals surface area contributed by atoms with Gasteiger partial charge in [-0.25, -0.2) is 12.7 Å². The first-order chi connectivity index (χ1) is 17.4. The van der Waals surface area contributed by atoms with Crippen molar-refractivity contribution < 1.29 is 35.9 Å². The summed E-state index contributed by atoms with van der Waals surface area (Å²) in [5.74, 6) is 0.693. The molecule has 1 aliphatic heterocycles. The number of hydrogen-bond acceptors (Lipinski definition) is 5. The lowest BCUT2D eigenvalue weighted by molar-refractivity contribution is -0.137. The number of ether oxygens (including phenoxy) is 2. The first kappa shape index (κ1) is 25.1. The molecule has 1 saturated carbocycles. The van der Waals surface area contributed by atoms with Gasteiger partial charge < -0.3 is 14.8 Å². The molecule has 3 aromatic carbocycles. The van der Waals surface area contributed by atoms with Crippen LogP contribution in [-0.2, 0) is 26.4 Å². The van der Waals surface area contributed by atoms with Gasteiger partial charge in [0.2, 0.25) is 22.7 Å². The average Bonchev–Trinajstić information content (AvgIpc) is 3.54. The minimum absolute atomic E-state index is 0.00911. The highest BCUT2D eigenvalue weighted by Crippen LogP contribution is 2.51. The number of carbonyl (C=O) groups excluding carboxylic acids is 1. The van der Waals surface area contributed by atoms with Crippen molar-refractivity contribution in [2.24, 2.45) is 0 Å². The van der Waals surface area contributed by atoms with E-state index < -0.39 is 33.1 Å². The van der Waals surface area contributed by atoms with Gasteiger partial charge in [0.05, 0.1) is 15.9 Å². The van der Waals surface area contributed by atoms with Crippen molar-refractivity contribution in [1.29, 1.82) is 0 Å². The molecule has 1 heterocycles. The van der Waals surface area contributed by atoms with E-state index in [2.05, 4.69) is 5.32 Å². The number of benzene rings is 3. The van der Waals surface area contributed by atoms with Crippen LogP contribution < -0.4 is 14.8 Å². The molecule has 0 spiro atoms. The first-order valence-corrected chi connectivity index (χ1v) is 12.8. The zero-order valence-corrected chi connectivity index (χ0v) is 20.7. The molecule has 11 heteroatoms. The van der Waals surface area contributed by atoms with Gasteiger partial charge in [0, 0.05) is 19.8 Å². The lowest BCUT2D eigenvalue weighted by Crippen LogP contribution is -2.28. The lowest BCUT2D eigenvalue weighted by atomic mass is 9.94. The van der Waals surface area contributed by atoms with Gasteiger partial charge in [0.1, 0.15) is 0 Å². The smallest absolute Gasteiger partial charge is 0.417 e. The number of sulfonamides is 1. The van der Waals surface area contributed by atoms with Crippen molar-refractivity contribution in [3.05, 3.63) is 71.8 Å². The van der Waals surface area contributed by atoms with E-state index in [1.165, 1.54) is 50.5 Å². The van der Waals surface area contributed by atoms with Crippen molar-refractivity contribution in [2.75, 3.05) is 26.2 Å². The van der Waals surface area contributed by atoms with Crippen LogP contribution in [0.4, 0.5) is 18.9 Å². The highest BCUT2D eigenvalue weighted by molar-refractivity contribution is 7.89. The van der Waals surface area contributed by atoms with Gasteiger partial charge >= 0.3 is 6.18 Å². The van der Waals surface area contributed by atoms with Crippen LogP contribution >= 0.6 is 0 Å². The summed E-state index contributed by atoms with van der Waals surface area (Å²) >= 11 is 0. The summed E-state index contributed by atoms with van der Waals surface area (Å²) in [6, 6.07) is 14.0. The van der Waals surface area contributed by atoms with E-state index in [1.807, 2.05) is 0 Å². The predicted octanol–water partition coefficient (Wildman–Crippen LogP) is 5.02. The number of halogens is 3. The number of alkyl halides is 3. The number of nitrogens with one attached hydrogen (secondary N) is 1. The summed E-state index contributed by atoms with van der Waals surface area (Å²) in [5.41, 5.74) is -1.25. The Kier molecular flexibility index (Phi) is 5.95. The molecule has 1 N–H and O–H groups in total. The monoisotopic (exact) mass is 532 g/mol. The van der Waals surface area contributed by atoms with E-state index in [0.29, 0.717) is 29.9 Å². The van der Waals surface area contributed by atoms with Gasteiger partial charge in [-0.1, -0.05) is 24.3 Å². The van der Waals surface area contributed by atoms with Gasteiger partial charge in [-0.05, 0) is 65.9 Å². The Bertz CT molecular complexity index is 1500. The van der Waals surface area contributed by atoms with Crippen LogP contribution in [0.15, 0.2) is 65.6 Å². The molecule has 37 heavy (non-hydrogen) atoms. The predicted molar refractivity (Wildman–Crippen MR) is 130 cm³/mol. The summed E-state index contributed by atoms with van der Waals surface area (Å²) in [7, 11) is -1.15.